The Hall–Kier alpha value is -3.18. The Balaban J connectivity index is 1.84. The molecule has 1 fully saturated rings. The molecule has 0 saturated carbocycles. The van der Waals surface area contributed by atoms with Crippen LogP contribution in [0.25, 0.3) is 6.08 Å². The predicted octanol–water partition coefficient (Wildman–Crippen LogP) is 1.97. The molecule has 4 amide bonds. The van der Waals surface area contributed by atoms with Crippen LogP contribution in [0.3, 0.4) is 0 Å². The van der Waals surface area contributed by atoms with Crippen molar-refractivity contribution in [3.8, 4) is 11.5 Å². The van der Waals surface area contributed by atoms with Crippen molar-refractivity contribution in [3.05, 3.63) is 58.1 Å². The van der Waals surface area contributed by atoms with Crippen LogP contribution in [0.1, 0.15) is 5.56 Å². The first kappa shape index (κ1) is 20.6. The van der Waals surface area contributed by atoms with Crippen LogP contribution in [0.2, 0.25) is 0 Å². The van der Waals surface area contributed by atoms with Crippen LogP contribution in [0.4, 0.5) is 4.79 Å². The smallest absolute Gasteiger partial charge is 0.339 e. The largest absolute Gasteiger partial charge is 0.497 e. The molecule has 0 radical (unpaired) electrons. The van der Waals surface area contributed by atoms with Crippen molar-refractivity contribution in [2.24, 2.45) is 0 Å². The van der Waals surface area contributed by atoms with Gasteiger partial charge in [-0.15, -0.1) is 0 Å². The Morgan fingerprint density at radius 2 is 1.59 bits per heavy atom. The third-order valence-corrected chi connectivity index (χ3v) is 5.63. The third-order valence-electron chi connectivity index (χ3n) is 3.76. The van der Waals surface area contributed by atoms with E-state index in [9.17, 15) is 22.8 Å². The second-order valence-corrected chi connectivity index (χ2v) is 8.10. The Morgan fingerprint density at radius 1 is 0.966 bits per heavy atom. The van der Waals surface area contributed by atoms with E-state index in [1.165, 1.54) is 55.7 Å². The maximum absolute atomic E-state index is 12.4. The molecule has 3 rings (SSSR count). The Kier molecular flexibility index (Phi) is 5.71. The van der Waals surface area contributed by atoms with E-state index in [4.69, 9.17) is 8.92 Å². The molecule has 150 valence electrons. The number of imide groups is 2. The van der Waals surface area contributed by atoms with Gasteiger partial charge in [0.2, 0.25) is 0 Å². The molecule has 0 spiro atoms. The molecule has 0 bridgehead atoms. The third kappa shape index (κ3) is 4.63. The molecule has 11 heteroatoms. The molecule has 0 aliphatic carbocycles. The average Bonchev–Trinajstić information content (AvgIpc) is 2.66. The van der Waals surface area contributed by atoms with Crippen molar-refractivity contribution in [2.45, 2.75) is 4.90 Å². The summed E-state index contributed by atoms with van der Waals surface area (Å²) >= 11 is 3.21. The van der Waals surface area contributed by atoms with Gasteiger partial charge in [0.15, 0.2) is 5.75 Å². The van der Waals surface area contributed by atoms with Gasteiger partial charge >= 0.3 is 16.1 Å². The Labute approximate surface area is 173 Å². The summed E-state index contributed by atoms with van der Waals surface area (Å²) < 4.78 is 35.3. The van der Waals surface area contributed by atoms with Gasteiger partial charge in [-0.05, 0) is 64.0 Å². The fourth-order valence-corrected chi connectivity index (χ4v) is 3.89. The van der Waals surface area contributed by atoms with Crippen molar-refractivity contribution in [2.75, 3.05) is 7.11 Å². The minimum absolute atomic E-state index is 0.00990. The monoisotopic (exact) mass is 480 g/mol. The lowest BCUT2D eigenvalue weighted by Gasteiger charge is -2.14. The number of rotatable bonds is 5. The summed E-state index contributed by atoms with van der Waals surface area (Å²) in [5, 5.41) is 3.92. The highest BCUT2D eigenvalue weighted by Gasteiger charge is 2.27. The first-order chi connectivity index (χ1) is 13.7. The number of hydrogen-bond donors (Lipinski definition) is 2. The fourth-order valence-electron chi connectivity index (χ4n) is 2.36. The number of urea groups is 1. The van der Waals surface area contributed by atoms with E-state index < -0.39 is 28.0 Å². The second-order valence-electron chi connectivity index (χ2n) is 5.70. The lowest BCUT2D eigenvalue weighted by molar-refractivity contribution is -0.123. The van der Waals surface area contributed by atoms with Crippen molar-refractivity contribution < 1.29 is 31.7 Å². The van der Waals surface area contributed by atoms with E-state index in [1.807, 2.05) is 10.6 Å². The van der Waals surface area contributed by atoms with Crippen molar-refractivity contribution in [1.29, 1.82) is 0 Å². The van der Waals surface area contributed by atoms with Crippen LogP contribution in [-0.2, 0) is 19.7 Å². The Morgan fingerprint density at radius 3 is 2.14 bits per heavy atom. The van der Waals surface area contributed by atoms with Crippen molar-refractivity contribution in [1.82, 2.24) is 10.6 Å². The molecule has 2 N–H and O–H groups in total. The molecule has 29 heavy (non-hydrogen) atoms. The van der Waals surface area contributed by atoms with Crippen molar-refractivity contribution >= 4 is 50.0 Å². The summed E-state index contributed by atoms with van der Waals surface area (Å²) in [6, 6.07) is 9.06. The first-order valence-electron chi connectivity index (χ1n) is 7.96. The maximum atomic E-state index is 12.4. The highest BCUT2D eigenvalue weighted by Crippen LogP contribution is 2.30. The zero-order valence-corrected chi connectivity index (χ0v) is 17.2. The fraction of sp³-hybridized carbons (Fsp3) is 0.0556. The number of barbiturate groups is 1. The van der Waals surface area contributed by atoms with E-state index in [2.05, 4.69) is 15.9 Å². The van der Waals surface area contributed by atoms with Gasteiger partial charge in [0.1, 0.15) is 16.2 Å². The van der Waals surface area contributed by atoms with Gasteiger partial charge < -0.3 is 8.92 Å². The van der Waals surface area contributed by atoms with Gasteiger partial charge in [0.05, 0.1) is 11.6 Å². The first-order valence-corrected chi connectivity index (χ1v) is 10.2. The second kappa shape index (κ2) is 8.05. The zero-order chi connectivity index (χ0) is 21.2. The molecule has 0 aromatic heterocycles. The molecule has 0 unspecified atom stereocenters. The summed E-state index contributed by atoms with van der Waals surface area (Å²) in [5.74, 6) is -1.16. The van der Waals surface area contributed by atoms with Crippen molar-refractivity contribution in [3.63, 3.8) is 0 Å². The SMILES string of the molecule is COc1ccc(S(=O)(=O)Oc2ccc(C=C3C(=O)NC(=O)NC3=O)cc2Br)cc1. The molecular weight excluding hydrogens is 468 g/mol. The highest BCUT2D eigenvalue weighted by atomic mass is 79.9. The van der Waals surface area contributed by atoms with Crippen LogP contribution in [0.15, 0.2) is 57.4 Å². The number of methoxy groups -OCH3 is 1. The minimum Gasteiger partial charge on any atom is -0.497 e. The van der Waals surface area contributed by atoms with Gasteiger partial charge in [-0.1, -0.05) is 6.07 Å². The van der Waals surface area contributed by atoms with Gasteiger partial charge in [-0.25, -0.2) is 4.79 Å². The summed E-state index contributed by atoms with van der Waals surface area (Å²) in [7, 11) is -2.63. The highest BCUT2D eigenvalue weighted by molar-refractivity contribution is 9.10. The average molecular weight is 481 g/mol. The quantitative estimate of drug-likeness (QED) is 0.380. The number of amides is 4. The van der Waals surface area contributed by atoms with Crippen LogP contribution in [-0.4, -0.2) is 33.4 Å². The number of halogens is 1. The number of hydrogen-bond acceptors (Lipinski definition) is 7. The standard InChI is InChI=1S/C18H13BrN2O7S/c1-27-11-3-5-12(6-4-11)29(25,26)28-15-7-2-10(9-14(15)19)8-13-16(22)20-18(24)21-17(13)23/h2-9H,1H3,(H2,20,21,22,23,24). The summed E-state index contributed by atoms with van der Waals surface area (Å²) in [5.41, 5.74) is 0.136. The van der Waals surface area contributed by atoms with E-state index >= 15 is 0 Å². The number of ether oxygens (including phenoxy) is 1. The Bertz CT molecular complexity index is 1120. The number of benzene rings is 2. The molecular formula is C18H13BrN2O7S. The molecule has 2 aromatic carbocycles. The zero-order valence-electron chi connectivity index (χ0n) is 14.8. The topological polar surface area (TPSA) is 128 Å². The molecule has 1 saturated heterocycles. The number of carbonyl (C=O) groups is 3. The maximum Gasteiger partial charge on any atom is 0.339 e. The molecule has 2 aromatic rings. The van der Waals surface area contributed by atoms with E-state index in [0.29, 0.717) is 11.3 Å². The van der Waals surface area contributed by atoms with E-state index in [0.717, 1.165) is 0 Å². The summed E-state index contributed by atoms with van der Waals surface area (Å²) in [6.45, 7) is 0. The van der Waals surface area contributed by atoms with E-state index in [1.54, 1.807) is 0 Å². The summed E-state index contributed by atoms with van der Waals surface area (Å²) in [6.07, 6.45) is 1.25. The molecule has 1 aliphatic heterocycles. The molecule has 1 aliphatic rings. The number of carbonyl (C=O) groups excluding carboxylic acids is 3. The predicted molar refractivity (Wildman–Crippen MR) is 105 cm³/mol. The van der Waals surface area contributed by atoms with Crippen LogP contribution in [0, 0.1) is 0 Å². The molecule has 1 heterocycles. The van der Waals surface area contributed by atoms with Gasteiger partial charge in [0, 0.05) is 0 Å². The van der Waals surface area contributed by atoms with Crippen LogP contribution < -0.4 is 19.6 Å². The van der Waals surface area contributed by atoms with Gasteiger partial charge in [-0.3, -0.25) is 20.2 Å². The normalized spacial score (nSPS) is 14.1. The van der Waals surface area contributed by atoms with E-state index in [-0.39, 0.29) is 20.7 Å². The lowest BCUT2D eigenvalue weighted by atomic mass is 10.1. The molecule has 9 nitrogen and oxygen atoms in total. The van der Waals surface area contributed by atoms with Crippen LogP contribution in [0.5, 0.6) is 11.5 Å². The van der Waals surface area contributed by atoms with Gasteiger partial charge in [-0.2, -0.15) is 8.42 Å². The lowest BCUT2D eigenvalue weighted by Crippen LogP contribution is -2.51. The summed E-state index contributed by atoms with van der Waals surface area (Å²) in [4.78, 5) is 34.6. The number of nitrogens with one attached hydrogen (secondary N) is 2. The van der Waals surface area contributed by atoms with Gasteiger partial charge in [0.25, 0.3) is 11.8 Å². The minimum atomic E-state index is -4.09. The molecule has 0 atom stereocenters. The van der Waals surface area contributed by atoms with Crippen LogP contribution >= 0.6 is 15.9 Å².